The highest BCUT2D eigenvalue weighted by molar-refractivity contribution is 5.83. The number of hydrogen-bond acceptors (Lipinski definition) is 4. The zero-order valence-corrected chi connectivity index (χ0v) is 15.2. The van der Waals surface area contributed by atoms with E-state index in [2.05, 4.69) is 16.0 Å². The van der Waals surface area contributed by atoms with E-state index in [0.29, 0.717) is 11.5 Å². The molecule has 27 heavy (non-hydrogen) atoms. The van der Waals surface area contributed by atoms with Crippen molar-refractivity contribution in [1.82, 2.24) is 16.0 Å². The second-order valence-electron chi connectivity index (χ2n) is 5.66. The Morgan fingerprint density at radius 3 is 2.04 bits per heavy atom. The molecule has 2 rings (SSSR count). The molecular weight excluding hydrogens is 353 g/mol. The summed E-state index contributed by atoms with van der Waals surface area (Å²) in [7, 11) is 3.09. The van der Waals surface area contributed by atoms with Crippen molar-refractivity contribution in [3.63, 3.8) is 0 Å². The average Bonchev–Trinajstić information content (AvgIpc) is 2.69. The molecule has 0 aliphatic rings. The molecule has 0 aliphatic heterocycles. The van der Waals surface area contributed by atoms with Gasteiger partial charge >= 0.3 is 6.03 Å². The van der Waals surface area contributed by atoms with E-state index >= 15 is 0 Å². The van der Waals surface area contributed by atoms with E-state index in [4.69, 9.17) is 9.47 Å². The van der Waals surface area contributed by atoms with Crippen LogP contribution in [0.4, 0.5) is 9.18 Å². The molecule has 0 bridgehead atoms. The van der Waals surface area contributed by atoms with Crippen LogP contribution < -0.4 is 25.4 Å². The van der Waals surface area contributed by atoms with Gasteiger partial charge in [-0.05, 0) is 35.4 Å². The van der Waals surface area contributed by atoms with Crippen LogP contribution in [0.15, 0.2) is 42.5 Å². The SMILES string of the molecule is COc1cc(CNC(=O)CNC(=O)NCc2ccc(F)cc2)cc(OC)c1. The molecule has 8 heteroatoms. The Balaban J connectivity index is 1.72. The Bertz CT molecular complexity index is 759. The number of hydrogen-bond donors (Lipinski definition) is 3. The van der Waals surface area contributed by atoms with Crippen LogP contribution in [0.5, 0.6) is 11.5 Å². The zero-order valence-electron chi connectivity index (χ0n) is 15.2. The lowest BCUT2D eigenvalue weighted by Crippen LogP contribution is -2.41. The molecule has 0 saturated heterocycles. The fourth-order valence-corrected chi connectivity index (χ4v) is 2.24. The molecule has 0 fully saturated rings. The molecule has 2 aromatic rings. The van der Waals surface area contributed by atoms with Gasteiger partial charge in [0.2, 0.25) is 5.91 Å². The average molecular weight is 375 g/mol. The van der Waals surface area contributed by atoms with Crippen molar-refractivity contribution in [2.45, 2.75) is 13.1 Å². The van der Waals surface area contributed by atoms with E-state index < -0.39 is 6.03 Å². The minimum absolute atomic E-state index is 0.170. The summed E-state index contributed by atoms with van der Waals surface area (Å²) in [5.74, 6) is 0.566. The molecule has 0 spiro atoms. The maximum absolute atomic E-state index is 12.8. The monoisotopic (exact) mass is 375 g/mol. The van der Waals surface area contributed by atoms with Crippen LogP contribution in [-0.4, -0.2) is 32.7 Å². The maximum Gasteiger partial charge on any atom is 0.315 e. The lowest BCUT2D eigenvalue weighted by atomic mass is 10.2. The summed E-state index contributed by atoms with van der Waals surface area (Å²) >= 11 is 0. The predicted molar refractivity (Wildman–Crippen MR) is 98.0 cm³/mol. The van der Waals surface area contributed by atoms with E-state index in [-0.39, 0.29) is 31.4 Å². The standard InChI is InChI=1S/C19H22FN3O4/c1-26-16-7-14(8-17(9-16)27-2)11-21-18(24)12-23-19(25)22-10-13-3-5-15(20)6-4-13/h3-9H,10-12H2,1-2H3,(H,21,24)(H2,22,23,25). The van der Waals surface area contributed by atoms with Crippen LogP contribution in [0.2, 0.25) is 0 Å². The second-order valence-corrected chi connectivity index (χ2v) is 5.66. The van der Waals surface area contributed by atoms with Crippen LogP contribution in [0, 0.1) is 5.82 Å². The molecule has 144 valence electrons. The predicted octanol–water partition coefficient (Wildman–Crippen LogP) is 1.96. The van der Waals surface area contributed by atoms with Crippen molar-refractivity contribution in [2.24, 2.45) is 0 Å². The number of halogens is 1. The van der Waals surface area contributed by atoms with Gasteiger partial charge in [-0.1, -0.05) is 12.1 Å². The quantitative estimate of drug-likeness (QED) is 0.658. The van der Waals surface area contributed by atoms with Gasteiger partial charge in [0.15, 0.2) is 0 Å². The number of methoxy groups -OCH3 is 2. The molecule has 2 aromatic carbocycles. The van der Waals surface area contributed by atoms with E-state index in [9.17, 15) is 14.0 Å². The fraction of sp³-hybridized carbons (Fsp3) is 0.263. The van der Waals surface area contributed by atoms with Gasteiger partial charge in [0.25, 0.3) is 0 Å². The molecule has 3 N–H and O–H groups in total. The van der Waals surface area contributed by atoms with Crippen molar-refractivity contribution >= 4 is 11.9 Å². The van der Waals surface area contributed by atoms with Gasteiger partial charge in [0.05, 0.1) is 20.8 Å². The van der Waals surface area contributed by atoms with Crippen molar-refractivity contribution in [3.05, 3.63) is 59.4 Å². The first-order valence-corrected chi connectivity index (χ1v) is 8.25. The highest BCUT2D eigenvalue weighted by atomic mass is 19.1. The van der Waals surface area contributed by atoms with Crippen molar-refractivity contribution in [1.29, 1.82) is 0 Å². The molecule has 0 aromatic heterocycles. The molecule has 0 saturated carbocycles. The summed E-state index contributed by atoms with van der Waals surface area (Å²) in [6.45, 7) is 0.332. The highest BCUT2D eigenvalue weighted by Crippen LogP contribution is 2.22. The van der Waals surface area contributed by atoms with Crippen LogP contribution in [0.1, 0.15) is 11.1 Å². The fourth-order valence-electron chi connectivity index (χ4n) is 2.24. The summed E-state index contributed by atoms with van der Waals surface area (Å²) in [5, 5.41) is 7.75. The summed E-state index contributed by atoms with van der Waals surface area (Å²) in [4.78, 5) is 23.6. The number of carbonyl (C=O) groups excluding carboxylic acids is 2. The molecule has 0 heterocycles. The summed E-state index contributed by atoms with van der Waals surface area (Å²) in [6.07, 6.45) is 0. The van der Waals surface area contributed by atoms with Crippen LogP contribution in [0.3, 0.4) is 0 Å². The molecular formula is C19H22FN3O4. The van der Waals surface area contributed by atoms with Crippen LogP contribution >= 0.6 is 0 Å². The smallest absolute Gasteiger partial charge is 0.315 e. The van der Waals surface area contributed by atoms with Crippen LogP contribution in [-0.2, 0) is 17.9 Å². The lowest BCUT2D eigenvalue weighted by molar-refractivity contribution is -0.120. The van der Waals surface area contributed by atoms with E-state index in [0.717, 1.165) is 11.1 Å². The number of urea groups is 1. The molecule has 0 unspecified atom stereocenters. The number of nitrogens with one attached hydrogen (secondary N) is 3. The topological polar surface area (TPSA) is 88.7 Å². The Kier molecular flexibility index (Phi) is 7.42. The molecule has 0 radical (unpaired) electrons. The van der Waals surface area contributed by atoms with Gasteiger partial charge in [0.1, 0.15) is 17.3 Å². The van der Waals surface area contributed by atoms with Gasteiger partial charge in [-0.25, -0.2) is 9.18 Å². The van der Waals surface area contributed by atoms with Crippen LogP contribution in [0.25, 0.3) is 0 Å². The third kappa shape index (κ3) is 6.85. The van der Waals surface area contributed by atoms with E-state index in [1.165, 1.54) is 12.1 Å². The molecule has 3 amide bonds. The number of ether oxygens (including phenoxy) is 2. The summed E-state index contributed by atoms with van der Waals surface area (Å²) in [6, 6.07) is 10.6. The highest BCUT2D eigenvalue weighted by Gasteiger charge is 2.07. The minimum Gasteiger partial charge on any atom is -0.497 e. The van der Waals surface area contributed by atoms with Crippen molar-refractivity contribution < 1.29 is 23.5 Å². The zero-order chi connectivity index (χ0) is 19.6. The second kappa shape index (κ2) is 10.0. The van der Waals surface area contributed by atoms with Gasteiger partial charge in [0, 0.05) is 19.2 Å². The molecule has 0 aliphatic carbocycles. The Morgan fingerprint density at radius 2 is 1.44 bits per heavy atom. The van der Waals surface area contributed by atoms with Gasteiger partial charge < -0.3 is 25.4 Å². The van der Waals surface area contributed by atoms with Crippen molar-refractivity contribution in [3.8, 4) is 11.5 Å². The summed E-state index contributed by atoms with van der Waals surface area (Å²) < 4.78 is 23.2. The minimum atomic E-state index is -0.488. The number of amides is 3. The lowest BCUT2D eigenvalue weighted by Gasteiger charge is -2.10. The summed E-state index contributed by atoms with van der Waals surface area (Å²) in [5.41, 5.74) is 1.56. The first-order valence-electron chi connectivity index (χ1n) is 8.25. The normalized spacial score (nSPS) is 10.0. The van der Waals surface area contributed by atoms with E-state index in [1.807, 2.05) is 0 Å². The third-order valence-electron chi connectivity index (χ3n) is 3.68. The maximum atomic E-state index is 12.8. The third-order valence-corrected chi connectivity index (χ3v) is 3.68. The Morgan fingerprint density at radius 1 is 0.852 bits per heavy atom. The number of carbonyl (C=O) groups is 2. The van der Waals surface area contributed by atoms with Gasteiger partial charge in [-0.15, -0.1) is 0 Å². The number of rotatable bonds is 8. The Labute approximate surface area is 156 Å². The Hall–Kier alpha value is -3.29. The van der Waals surface area contributed by atoms with Gasteiger partial charge in [-0.3, -0.25) is 4.79 Å². The van der Waals surface area contributed by atoms with E-state index in [1.54, 1.807) is 44.6 Å². The van der Waals surface area contributed by atoms with Crippen molar-refractivity contribution in [2.75, 3.05) is 20.8 Å². The van der Waals surface area contributed by atoms with Gasteiger partial charge in [-0.2, -0.15) is 0 Å². The molecule has 0 atom stereocenters. The first-order chi connectivity index (χ1) is 13.0. The largest absolute Gasteiger partial charge is 0.497 e. The first kappa shape index (κ1) is 20.0. The number of benzene rings is 2. The molecule has 7 nitrogen and oxygen atoms in total.